The Labute approximate surface area is 152 Å². The minimum Gasteiger partial charge on any atom is -0.356 e. The molecule has 0 spiro atoms. The molecule has 7 nitrogen and oxygen atoms in total. The molecule has 4 rings (SSSR count). The van der Waals surface area contributed by atoms with Gasteiger partial charge in [-0.3, -0.25) is 0 Å². The van der Waals surface area contributed by atoms with Gasteiger partial charge in [-0.15, -0.1) is 0 Å². The van der Waals surface area contributed by atoms with Crippen molar-refractivity contribution in [1.29, 1.82) is 0 Å². The largest absolute Gasteiger partial charge is 0.356 e. The first kappa shape index (κ1) is 16.4. The molecule has 0 aromatic carbocycles. The second kappa shape index (κ2) is 7.43. The quantitative estimate of drug-likeness (QED) is 0.607. The summed E-state index contributed by atoms with van der Waals surface area (Å²) < 4.78 is 0. The molecule has 0 atom stereocenters. The van der Waals surface area contributed by atoms with Gasteiger partial charge in [0.2, 0.25) is 0 Å². The molecular formula is C17H23N7S. The lowest BCUT2D eigenvalue weighted by Crippen LogP contribution is -2.47. The minimum absolute atomic E-state index is 0.825. The highest BCUT2D eigenvalue weighted by molar-refractivity contribution is 7.98. The topological polar surface area (TPSA) is 61.3 Å². The van der Waals surface area contributed by atoms with Crippen LogP contribution in [0.2, 0.25) is 0 Å². The Hall–Kier alpha value is -2.09. The lowest BCUT2D eigenvalue weighted by Gasteiger charge is -2.36. The van der Waals surface area contributed by atoms with E-state index in [0.717, 1.165) is 61.9 Å². The maximum absolute atomic E-state index is 4.61. The summed E-state index contributed by atoms with van der Waals surface area (Å²) in [7, 11) is 0. The molecule has 2 aliphatic heterocycles. The standard InChI is InChI=1S/C17H23N7S/c1-25-17-18-5-4-14(21-17)23-8-10-24(11-9-23)16-12-15(19-13-20-16)22-6-2-3-7-22/h4-5,12-13H,2-3,6-11H2,1H3. The van der Waals surface area contributed by atoms with Gasteiger partial charge < -0.3 is 14.7 Å². The second-order valence-corrected chi connectivity index (χ2v) is 7.08. The highest BCUT2D eigenvalue weighted by Gasteiger charge is 2.21. The molecular weight excluding hydrogens is 334 g/mol. The Bertz CT molecular complexity index is 712. The van der Waals surface area contributed by atoms with Crippen LogP contribution in [-0.2, 0) is 0 Å². The van der Waals surface area contributed by atoms with E-state index in [1.807, 2.05) is 18.5 Å². The van der Waals surface area contributed by atoms with Crippen LogP contribution in [0.25, 0.3) is 0 Å². The SMILES string of the molecule is CSc1nccc(N2CCN(c3cc(N4CCCC4)ncn3)CC2)n1. The molecule has 0 unspecified atom stereocenters. The smallest absolute Gasteiger partial charge is 0.189 e. The number of hydrogen-bond acceptors (Lipinski definition) is 8. The van der Waals surface area contributed by atoms with Gasteiger partial charge in [0.25, 0.3) is 0 Å². The van der Waals surface area contributed by atoms with Crippen molar-refractivity contribution in [2.45, 2.75) is 18.0 Å². The van der Waals surface area contributed by atoms with Crippen molar-refractivity contribution < 1.29 is 0 Å². The van der Waals surface area contributed by atoms with E-state index >= 15 is 0 Å². The van der Waals surface area contributed by atoms with Crippen molar-refractivity contribution in [2.75, 3.05) is 60.2 Å². The lowest BCUT2D eigenvalue weighted by molar-refractivity contribution is 0.637. The Morgan fingerprint density at radius 2 is 1.40 bits per heavy atom. The maximum Gasteiger partial charge on any atom is 0.189 e. The third-order valence-electron chi connectivity index (χ3n) is 4.80. The van der Waals surface area contributed by atoms with Crippen LogP contribution in [0.4, 0.5) is 17.5 Å². The fourth-order valence-corrected chi connectivity index (χ4v) is 3.75. The molecule has 2 aromatic heterocycles. The average molecular weight is 357 g/mol. The summed E-state index contributed by atoms with van der Waals surface area (Å²) in [6.45, 7) is 5.97. The van der Waals surface area contributed by atoms with E-state index in [1.54, 1.807) is 18.1 Å². The summed E-state index contributed by atoms with van der Waals surface area (Å²) in [6, 6.07) is 4.13. The normalized spacial score (nSPS) is 18.0. The lowest BCUT2D eigenvalue weighted by atomic mass is 10.3. The molecule has 2 aromatic rings. The van der Waals surface area contributed by atoms with Crippen LogP contribution in [-0.4, -0.2) is 65.5 Å². The molecule has 2 fully saturated rings. The van der Waals surface area contributed by atoms with Crippen LogP contribution in [0.1, 0.15) is 12.8 Å². The van der Waals surface area contributed by atoms with Crippen molar-refractivity contribution in [3.05, 3.63) is 24.7 Å². The number of piperazine rings is 1. The molecule has 25 heavy (non-hydrogen) atoms. The molecule has 4 heterocycles. The van der Waals surface area contributed by atoms with Crippen molar-refractivity contribution in [2.24, 2.45) is 0 Å². The maximum atomic E-state index is 4.61. The first-order valence-corrected chi connectivity index (χ1v) is 10.00. The highest BCUT2D eigenvalue weighted by atomic mass is 32.2. The van der Waals surface area contributed by atoms with Gasteiger partial charge in [-0.2, -0.15) is 0 Å². The summed E-state index contributed by atoms with van der Waals surface area (Å²) in [4.78, 5) is 24.8. The molecule has 0 N–H and O–H groups in total. The Morgan fingerprint density at radius 1 is 0.800 bits per heavy atom. The number of hydrogen-bond donors (Lipinski definition) is 0. The van der Waals surface area contributed by atoms with Gasteiger partial charge in [0.1, 0.15) is 23.8 Å². The van der Waals surface area contributed by atoms with Crippen molar-refractivity contribution in [1.82, 2.24) is 19.9 Å². The van der Waals surface area contributed by atoms with Gasteiger partial charge in [0.15, 0.2) is 5.16 Å². The number of thioether (sulfide) groups is 1. The third-order valence-corrected chi connectivity index (χ3v) is 5.36. The predicted molar refractivity (Wildman–Crippen MR) is 102 cm³/mol. The molecule has 0 saturated carbocycles. The summed E-state index contributed by atoms with van der Waals surface area (Å²) in [5, 5.41) is 0.825. The third kappa shape index (κ3) is 3.63. The zero-order valence-corrected chi connectivity index (χ0v) is 15.3. The van der Waals surface area contributed by atoms with E-state index in [2.05, 4.69) is 40.7 Å². The fourth-order valence-electron chi connectivity index (χ4n) is 3.40. The molecule has 2 aliphatic rings. The van der Waals surface area contributed by atoms with Crippen molar-refractivity contribution in [3.8, 4) is 0 Å². The molecule has 2 saturated heterocycles. The van der Waals surface area contributed by atoms with Crippen LogP contribution >= 0.6 is 11.8 Å². The molecule has 0 amide bonds. The van der Waals surface area contributed by atoms with E-state index in [9.17, 15) is 0 Å². The number of rotatable bonds is 4. The average Bonchev–Trinajstić information content (AvgIpc) is 3.23. The number of nitrogens with zero attached hydrogens (tertiary/aromatic N) is 7. The van der Waals surface area contributed by atoms with Crippen LogP contribution in [0.5, 0.6) is 0 Å². The van der Waals surface area contributed by atoms with E-state index < -0.39 is 0 Å². The van der Waals surface area contributed by atoms with Crippen LogP contribution in [0, 0.1) is 0 Å². The summed E-state index contributed by atoms with van der Waals surface area (Å²) in [5.74, 6) is 3.11. The van der Waals surface area contributed by atoms with E-state index in [1.165, 1.54) is 12.8 Å². The van der Waals surface area contributed by atoms with Crippen LogP contribution in [0.3, 0.4) is 0 Å². The highest BCUT2D eigenvalue weighted by Crippen LogP contribution is 2.23. The summed E-state index contributed by atoms with van der Waals surface area (Å²) in [6.07, 6.45) is 8.06. The monoisotopic (exact) mass is 357 g/mol. The number of aromatic nitrogens is 4. The summed E-state index contributed by atoms with van der Waals surface area (Å²) >= 11 is 1.58. The van der Waals surface area contributed by atoms with Crippen molar-refractivity contribution in [3.63, 3.8) is 0 Å². The Balaban J connectivity index is 1.42. The minimum atomic E-state index is 0.825. The van der Waals surface area contributed by atoms with Crippen LogP contribution in [0.15, 0.2) is 29.8 Å². The molecule has 132 valence electrons. The van der Waals surface area contributed by atoms with Gasteiger partial charge >= 0.3 is 0 Å². The van der Waals surface area contributed by atoms with E-state index in [0.29, 0.717) is 0 Å². The fraction of sp³-hybridized carbons (Fsp3) is 0.529. The van der Waals surface area contributed by atoms with Crippen LogP contribution < -0.4 is 14.7 Å². The van der Waals surface area contributed by atoms with Gasteiger partial charge in [-0.1, -0.05) is 11.8 Å². The first-order valence-electron chi connectivity index (χ1n) is 8.77. The Morgan fingerprint density at radius 3 is 2.04 bits per heavy atom. The molecule has 0 bridgehead atoms. The van der Waals surface area contributed by atoms with Gasteiger partial charge in [-0.25, -0.2) is 19.9 Å². The zero-order valence-electron chi connectivity index (χ0n) is 14.5. The first-order chi connectivity index (χ1) is 12.3. The second-order valence-electron chi connectivity index (χ2n) is 6.30. The van der Waals surface area contributed by atoms with Gasteiger partial charge in [0, 0.05) is 51.5 Å². The van der Waals surface area contributed by atoms with Gasteiger partial charge in [0.05, 0.1) is 0 Å². The Kier molecular flexibility index (Phi) is 4.87. The van der Waals surface area contributed by atoms with E-state index in [-0.39, 0.29) is 0 Å². The van der Waals surface area contributed by atoms with Gasteiger partial charge in [-0.05, 0) is 25.2 Å². The summed E-state index contributed by atoms with van der Waals surface area (Å²) in [5.41, 5.74) is 0. The molecule has 8 heteroatoms. The van der Waals surface area contributed by atoms with Crippen molar-refractivity contribution >= 4 is 29.2 Å². The molecule has 0 aliphatic carbocycles. The zero-order chi connectivity index (χ0) is 17.1. The van der Waals surface area contributed by atoms with E-state index in [4.69, 9.17) is 0 Å². The predicted octanol–water partition coefficient (Wildman–Crippen LogP) is 1.92. The molecule has 0 radical (unpaired) electrons. The number of anilines is 3.